The summed E-state index contributed by atoms with van der Waals surface area (Å²) in [6, 6.07) is 0. The van der Waals surface area contributed by atoms with Gasteiger partial charge in [-0.3, -0.25) is 0 Å². The van der Waals surface area contributed by atoms with E-state index in [2.05, 4.69) is 0 Å². The molecule has 2 aliphatic rings. The number of aliphatic hydroxyl groups excluding tert-OH is 3. The van der Waals surface area contributed by atoms with Crippen LogP contribution in [0, 0.1) is 0 Å². The molecule has 3 N–H and O–H groups in total. The van der Waals surface area contributed by atoms with E-state index in [1.54, 1.807) is 6.92 Å². The Bertz CT molecular complexity index is 208. The van der Waals surface area contributed by atoms with Gasteiger partial charge < -0.3 is 29.5 Å². The van der Waals surface area contributed by atoms with Crippen LogP contribution >= 0.6 is 0 Å². The second kappa shape index (κ2) is 3.73. The first kappa shape index (κ1) is 10.3. The van der Waals surface area contributed by atoms with Gasteiger partial charge in [-0.05, 0) is 6.92 Å². The van der Waals surface area contributed by atoms with Crippen molar-refractivity contribution in [3.63, 3.8) is 0 Å². The maximum atomic E-state index is 9.62. The van der Waals surface area contributed by atoms with Crippen LogP contribution in [0.15, 0.2) is 0 Å². The van der Waals surface area contributed by atoms with Crippen LogP contribution in [0.25, 0.3) is 0 Å². The molecular weight excluding hydrogens is 192 g/mol. The molecule has 2 rings (SSSR count). The lowest BCUT2D eigenvalue weighted by Gasteiger charge is -2.36. The summed E-state index contributed by atoms with van der Waals surface area (Å²) in [5.74, 6) is 0. The number of hydrogen-bond acceptors (Lipinski definition) is 6. The number of fused-ring (bicyclic) bond motifs is 1. The molecule has 0 amide bonds. The summed E-state index contributed by atoms with van der Waals surface area (Å²) in [4.78, 5) is 0. The smallest absolute Gasteiger partial charge is 0.190 e. The van der Waals surface area contributed by atoms with Crippen LogP contribution < -0.4 is 0 Å². The lowest BCUT2D eigenvalue weighted by molar-refractivity contribution is -0.252. The van der Waals surface area contributed by atoms with Gasteiger partial charge in [-0.1, -0.05) is 0 Å². The Balaban J connectivity index is 2.09. The Morgan fingerprint density at radius 3 is 2.43 bits per heavy atom. The molecule has 0 unspecified atom stereocenters. The summed E-state index contributed by atoms with van der Waals surface area (Å²) in [5, 5.41) is 28.0. The maximum absolute atomic E-state index is 9.62. The summed E-state index contributed by atoms with van der Waals surface area (Å²) < 4.78 is 15.6. The number of rotatable bonds is 1. The van der Waals surface area contributed by atoms with E-state index in [1.807, 2.05) is 0 Å². The van der Waals surface area contributed by atoms with Crippen molar-refractivity contribution in [1.29, 1.82) is 0 Å². The van der Waals surface area contributed by atoms with Crippen molar-refractivity contribution >= 4 is 0 Å². The van der Waals surface area contributed by atoms with E-state index in [-0.39, 0.29) is 6.61 Å². The topological polar surface area (TPSA) is 88.4 Å². The van der Waals surface area contributed by atoms with Crippen LogP contribution in [0.5, 0.6) is 0 Å². The average Bonchev–Trinajstić information content (AvgIpc) is 2.52. The zero-order chi connectivity index (χ0) is 10.3. The van der Waals surface area contributed by atoms with E-state index in [4.69, 9.17) is 19.3 Å². The SMILES string of the molecule is C[C@@H]1O[C@@H]2O[C@H](CO)[C@@H](O)[C@H](O)[C@@H]2O1. The van der Waals surface area contributed by atoms with Crippen molar-refractivity contribution in [1.82, 2.24) is 0 Å². The summed E-state index contributed by atoms with van der Waals surface area (Å²) in [7, 11) is 0. The van der Waals surface area contributed by atoms with E-state index in [9.17, 15) is 10.2 Å². The Morgan fingerprint density at radius 2 is 1.79 bits per heavy atom. The normalized spacial score (nSPS) is 53.1. The van der Waals surface area contributed by atoms with Gasteiger partial charge >= 0.3 is 0 Å². The molecule has 6 atom stereocenters. The molecule has 2 heterocycles. The van der Waals surface area contributed by atoms with Crippen molar-refractivity contribution in [2.45, 2.75) is 43.9 Å². The molecule has 6 nitrogen and oxygen atoms in total. The molecule has 82 valence electrons. The largest absolute Gasteiger partial charge is 0.394 e. The van der Waals surface area contributed by atoms with Gasteiger partial charge in [0.05, 0.1) is 6.61 Å². The first-order valence-electron chi connectivity index (χ1n) is 4.57. The maximum Gasteiger partial charge on any atom is 0.190 e. The van der Waals surface area contributed by atoms with Gasteiger partial charge in [0.25, 0.3) is 0 Å². The van der Waals surface area contributed by atoms with Gasteiger partial charge in [0.1, 0.15) is 24.4 Å². The van der Waals surface area contributed by atoms with Gasteiger partial charge in [0, 0.05) is 0 Å². The van der Waals surface area contributed by atoms with Crippen molar-refractivity contribution in [2.75, 3.05) is 6.61 Å². The van der Waals surface area contributed by atoms with Crippen LogP contribution in [0.2, 0.25) is 0 Å². The molecule has 0 radical (unpaired) electrons. The zero-order valence-electron chi connectivity index (χ0n) is 7.74. The molecule has 6 heteroatoms. The van der Waals surface area contributed by atoms with Crippen LogP contribution in [-0.2, 0) is 14.2 Å². The minimum atomic E-state index is -1.14. The third-order valence-corrected chi connectivity index (χ3v) is 2.50. The highest BCUT2D eigenvalue weighted by molar-refractivity contribution is 4.91. The van der Waals surface area contributed by atoms with E-state index in [1.165, 1.54) is 0 Å². The zero-order valence-corrected chi connectivity index (χ0v) is 7.74. The Labute approximate surface area is 81.0 Å². The monoisotopic (exact) mass is 206 g/mol. The molecule has 0 spiro atoms. The molecule has 0 aliphatic carbocycles. The fraction of sp³-hybridized carbons (Fsp3) is 1.00. The highest BCUT2D eigenvalue weighted by Gasteiger charge is 2.50. The summed E-state index contributed by atoms with van der Waals surface area (Å²) in [6.45, 7) is 1.31. The fourth-order valence-electron chi connectivity index (χ4n) is 1.75. The highest BCUT2D eigenvalue weighted by atomic mass is 16.8. The predicted octanol–water partition coefficient (Wildman–Crippen LogP) is -1.81. The number of ether oxygens (including phenoxy) is 3. The van der Waals surface area contributed by atoms with Crippen LogP contribution in [0.1, 0.15) is 6.92 Å². The minimum Gasteiger partial charge on any atom is -0.394 e. The third kappa shape index (κ3) is 1.54. The molecule has 0 bridgehead atoms. The quantitative estimate of drug-likeness (QED) is 0.468. The predicted molar refractivity (Wildman–Crippen MR) is 43.2 cm³/mol. The lowest BCUT2D eigenvalue weighted by atomic mass is 9.99. The summed E-state index contributed by atoms with van der Waals surface area (Å²) in [5.41, 5.74) is 0. The second-order valence-corrected chi connectivity index (χ2v) is 3.51. The molecule has 2 aliphatic heterocycles. The van der Waals surface area contributed by atoms with Gasteiger partial charge in [0.2, 0.25) is 0 Å². The van der Waals surface area contributed by atoms with Gasteiger partial charge in [-0.2, -0.15) is 0 Å². The summed E-state index contributed by atoms with van der Waals surface area (Å²) >= 11 is 0. The highest BCUT2D eigenvalue weighted by Crippen LogP contribution is 2.30. The molecular formula is C8H14O6. The Morgan fingerprint density at radius 1 is 1.07 bits per heavy atom. The van der Waals surface area contributed by atoms with Gasteiger partial charge in [-0.25, -0.2) is 0 Å². The van der Waals surface area contributed by atoms with E-state index in [0.29, 0.717) is 0 Å². The first-order valence-corrected chi connectivity index (χ1v) is 4.57. The van der Waals surface area contributed by atoms with Crippen molar-refractivity contribution in [3.8, 4) is 0 Å². The Hall–Kier alpha value is -0.240. The molecule has 14 heavy (non-hydrogen) atoms. The second-order valence-electron chi connectivity index (χ2n) is 3.51. The number of hydrogen-bond donors (Lipinski definition) is 3. The van der Waals surface area contributed by atoms with Gasteiger partial charge in [0.15, 0.2) is 12.6 Å². The molecule has 2 saturated heterocycles. The molecule has 0 aromatic heterocycles. The molecule has 0 aromatic carbocycles. The molecule has 2 fully saturated rings. The van der Waals surface area contributed by atoms with Gasteiger partial charge in [-0.15, -0.1) is 0 Å². The molecule has 0 saturated carbocycles. The molecule has 0 aromatic rings. The van der Waals surface area contributed by atoms with Crippen LogP contribution in [-0.4, -0.2) is 58.9 Å². The van der Waals surface area contributed by atoms with Crippen molar-refractivity contribution < 1.29 is 29.5 Å². The lowest BCUT2D eigenvalue weighted by Crippen LogP contribution is -2.57. The third-order valence-electron chi connectivity index (χ3n) is 2.50. The van der Waals surface area contributed by atoms with Crippen LogP contribution in [0.4, 0.5) is 0 Å². The van der Waals surface area contributed by atoms with Crippen molar-refractivity contribution in [2.24, 2.45) is 0 Å². The number of aliphatic hydroxyl groups is 3. The fourth-order valence-corrected chi connectivity index (χ4v) is 1.75. The van der Waals surface area contributed by atoms with E-state index in [0.717, 1.165) is 0 Å². The van der Waals surface area contributed by atoms with E-state index >= 15 is 0 Å². The van der Waals surface area contributed by atoms with Crippen LogP contribution in [0.3, 0.4) is 0 Å². The average molecular weight is 206 g/mol. The van der Waals surface area contributed by atoms with E-state index < -0.39 is 37.0 Å². The minimum absolute atomic E-state index is 0.362. The Kier molecular flexibility index (Phi) is 2.74. The van der Waals surface area contributed by atoms with Crippen molar-refractivity contribution in [3.05, 3.63) is 0 Å². The first-order chi connectivity index (χ1) is 6.63. The summed E-state index contributed by atoms with van der Waals surface area (Å²) in [6.07, 6.45) is -4.90. The standard InChI is InChI=1S/C8H14O6/c1-3-12-7-6(11)5(10)4(2-9)14-8(7)13-3/h3-11H,2H2,1H3/t3-,4+,5+,6-,7-,8+/m0/s1.